The molecule has 0 aromatic carbocycles. The molecule has 0 spiro atoms. The van der Waals surface area contributed by atoms with Gasteiger partial charge in [0.25, 0.3) is 0 Å². The van der Waals surface area contributed by atoms with Crippen molar-refractivity contribution < 1.29 is 80.2 Å². The molecule has 0 aliphatic carbocycles. The number of phosphoric acid groups is 2. The average molecular weight is 1490 g/mol. The van der Waals surface area contributed by atoms with Gasteiger partial charge >= 0.3 is 39.5 Å². The van der Waals surface area contributed by atoms with Crippen LogP contribution in [0.15, 0.2) is 207 Å². The van der Waals surface area contributed by atoms with E-state index in [0.29, 0.717) is 32.1 Å². The predicted octanol–water partition coefficient (Wildman–Crippen LogP) is 22.3. The van der Waals surface area contributed by atoms with Gasteiger partial charge in [-0.2, -0.15) is 0 Å². The van der Waals surface area contributed by atoms with Gasteiger partial charge in [-0.3, -0.25) is 37.3 Å². The zero-order valence-corrected chi connectivity index (χ0v) is 65.4. The molecule has 0 aromatic heterocycles. The van der Waals surface area contributed by atoms with Crippen molar-refractivity contribution >= 4 is 39.5 Å². The minimum Gasteiger partial charge on any atom is -0.462 e. The molecule has 0 fully saturated rings. The molecular formula is C85H132O17P2. The molecule has 5 atom stereocenters. The van der Waals surface area contributed by atoms with Gasteiger partial charge in [0.15, 0.2) is 12.2 Å². The Hall–Kier alpha value is -6.36. The second kappa shape index (κ2) is 74.9. The van der Waals surface area contributed by atoms with Crippen molar-refractivity contribution in [2.75, 3.05) is 39.6 Å². The molecule has 5 unspecified atom stereocenters. The number of esters is 4. The molecule has 0 heterocycles. The normalized spacial score (nSPS) is 15.0. The minimum atomic E-state index is -5.03. The monoisotopic (exact) mass is 1490 g/mol. The van der Waals surface area contributed by atoms with Gasteiger partial charge in [-0.15, -0.1) is 0 Å². The van der Waals surface area contributed by atoms with Crippen LogP contribution in [0.2, 0.25) is 0 Å². The van der Waals surface area contributed by atoms with Crippen molar-refractivity contribution in [1.29, 1.82) is 0 Å². The fourth-order valence-corrected chi connectivity index (χ4v) is 10.6. The van der Waals surface area contributed by atoms with Crippen LogP contribution in [-0.4, -0.2) is 96.7 Å². The summed E-state index contributed by atoms with van der Waals surface area (Å²) in [6.45, 7) is 4.17. The van der Waals surface area contributed by atoms with Gasteiger partial charge in [0.05, 0.1) is 32.8 Å². The first-order valence-corrected chi connectivity index (χ1v) is 41.3. The number of aliphatic hydroxyl groups is 1. The molecule has 3 N–H and O–H groups in total. The van der Waals surface area contributed by atoms with E-state index in [-0.39, 0.29) is 25.7 Å². The number of hydrogen-bond acceptors (Lipinski definition) is 15. The second-order valence-electron chi connectivity index (χ2n) is 24.5. The Morgan fingerprint density at radius 3 is 0.913 bits per heavy atom. The topological polar surface area (TPSA) is 237 Å². The standard InChI is InChI=1S/C85H132O17P2/c1-5-9-13-17-21-25-29-33-36-38-39-41-44-47-50-54-58-62-66-70-83(88)96-76-81(102-85(90)72-68-64-60-56-52-48-42-35-31-27-23-19-15-11-7-3)78-100-104(93,94)98-74-79(86)73-97-103(91,92)99-77-80(101-84(89)71-67-63-59-55-51-45-32-28-24-20-16-12-8-4)75-95-82(87)69-65-61-57-53-49-46-43-40-37-34-30-26-22-18-14-10-6-2/h9-11,13-16,20-23,25-28,32-37,39,41-43,46-47,50,52,56,58,62,64,68,79-81,86H,5-8,12,17-19,24,29-31,38,40,44-45,48-49,51,53-55,57,59-61,63,65-67,69-78H2,1-4H3,(H,91,92)(H,93,94)/b13-9-,14-10-,15-11-,20-16-,25-21-,26-22-,27-23-,32-28-,36-33-,37-34-,41-39-,42-35-,46-43-,50-47-,56-52-,62-58-,68-64-. The highest BCUT2D eigenvalue weighted by Crippen LogP contribution is 2.45. The van der Waals surface area contributed by atoms with Crippen LogP contribution < -0.4 is 0 Å². The molecule has 0 radical (unpaired) electrons. The van der Waals surface area contributed by atoms with E-state index in [2.05, 4.69) is 192 Å². The van der Waals surface area contributed by atoms with Crippen LogP contribution >= 0.6 is 15.6 Å². The van der Waals surface area contributed by atoms with Gasteiger partial charge < -0.3 is 33.8 Å². The minimum absolute atomic E-state index is 0.00724. The van der Waals surface area contributed by atoms with E-state index in [1.54, 1.807) is 12.2 Å². The van der Waals surface area contributed by atoms with E-state index in [4.69, 9.17) is 37.0 Å². The number of carbonyl (C=O) groups is 4. The van der Waals surface area contributed by atoms with Gasteiger partial charge in [0.2, 0.25) is 0 Å². The maximum Gasteiger partial charge on any atom is 0.472 e. The Bertz CT molecular complexity index is 2790. The lowest BCUT2D eigenvalue weighted by atomic mass is 10.1. The van der Waals surface area contributed by atoms with Crippen LogP contribution in [0.4, 0.5) is 0 Å². The summed E-state index contributed by atoms with van der Waals surface area (Å²) in [6.07, 6.45) is 93.0. The van der Waals surface area contributed by atoms with Gasteiger partial charge in [-0.05, 0) is 154 Å². The summed E-state index contributed by atoms with van der Waals surface area (Å²) in [4.78, 5) is 72.8. The van der Waals surface area contributed by atoms with Gasteiger partial charge in [0.1, 0.15) is 19.3 Å². The number of rotatable bonds is 69. The second-order valence-corrected chi connectivity index (χ2v) is 27.4. The summed E-state index contributed by atoms with van der Waals surface area (Å²) >= 11 is 0. The summed E-state index contributed by atoms with van der Waals surface area (Å²) < 4.78 is 68.2. The summed E-state index contributed by atoms with van der Waals surface area (Å²) in [7, 11) is -10.0. The van der Waals surface area contributed by atoms with Crippen molar-refractivity contribution in [2.24, 2.45) is 0 Å². The summed E-state index contributed by atoms with van der Waals surface area (Å²) in [5.41, 5.74) is 0. The summed E-state index contributed by atoms with van der Waals surface area (Å²) in [5.74, 6) is -2.49. The molecule has 0 amide bonds. The Balaban J connectivity index is 5.54. The third kappa shape index (κ3) is 73.9. The van der Waals surface area contributed by atoms with Crippen LogP contribution in [0.3, 0.4) is 0 Å². The Morgan fingerprint density at radius 2 is 0.558 bits per heavy atom. The summed E-state index contributed by atoms with van der Waals surface area (Å²) in [6, 6.07) is 0. The highest BCUT2D eigenvalue weighted by atomic mass is 31.2. The zero-order valence-electron chi connectivity index (χ0n) is 63.6. The first-order chi connectivity index (χ1) is 50.7. The molecule has 0 aliphatic heterocycles. The predicted molar refractivity (Wildman–Crippen MR) is 426 cm³/mol. The molecule has 0 rings (SSSR count). The SMILES string of the molecule is CC/C=C\C/C=C\C/C=C\C/C=C\C/C=C\C/C=C\CCC(=O)OCC(COP(=O)(O)OCC(O)COP(=O)(O)OCC(COC(=O)CCCCCC/C=C\C/C=C\C/C=C\C/C=C\CC)OC(=O)CCCCCCC/C=C\C/C=C\CCC)OC(=O)C/C=C\C/C=C\C/C=C\C/C=C\C/C=C\CC. The Kier molecular flexibility index (Phi) is 70.3. The van der Waals surface area contributed by atoms with E-state index in [0.717, 1.165) is 161 Å². The molecule has 19 heteroatoms. The Morgan fingerprint density at radius 1 is 0.288 bits per heavy atom. The third-order valence-electron chi connectivity index (χ3n) is 14.8. The number of unbranched alkanes of at least 4 members (excludes halogenated alkanes) is 10. The maximum absolute atomic E-state index is 13.1. The van der Waals surface area contributed by atoms with Crippen LogP contribution in [-0.2, 0) is 65.4 Å². The fraction of sp³-hybridized carbons (Fsp3) is 0.553. The van der Waals surface area contributed by atoms with Crippen molar-refractivity contribution in [3.8, 4) is 0 Å². The molecule has 0 saturated heterocycles. The van der Waals surface area contributed by atoms with Gasteiger partial charge in [0, 0.05) is 19.3 Å². The van der Waals surface area contributed by atoms with Crippen LogP contribution in [0.25, 0.3) is 0 Å². The molecule has 0 bridgehead atoms. The third-order valence-corrected chi connectivity index (χ3v) is 16.7. The van der Waals surface area contributed by atoms with E-state index in [1.165, 1.54) is 0 Å². The number of hydrogen-bond donors (Lipinski definition) is 3. The lowest BCUT2D eigenvalue weighted by Gasteiger charge is -2.21. The molecule has 0 aliphatic rings. The lowest BCUT2D eigenvalue weighted by molar-refractivity contribution is -0.161. The lowest BCUT2D eigenvalue weighted by Crippen LogP contribution is -2.30. The van der Waals surface area contributed by atoms with Gasteiger partial charge in [-0.1, -0.05) is 273 Å². The molecule has 104 heavy (non-hydrogen) atoms. The van der Waals surface area contributed by atoms with Crippen molar-refractivity contribution in [3.63, 3.8) is 0 Å². The van der Waals surface area contributed by atoms with Crippen LogP contribution in [0, 0.1) is 0 Å². The van der Waals surface area contributed by atoms with E-state index < -0.39 is 97.5 Å². The quantitative estimate of drug-likeness (QED) is 0.0169. The number of aliphatic hydroxyl groups excluding tert-OH is 1. The zero-order chi connectivity index (χ0) is 76.0. The van der Waals surface area contributed by atoms with E-state index in [9.17, 15) is 43.2 Å². The average Bonchev–Trinajstić information content (AvgIpc) is 0.911. The first-order valence-electron chi connectivity index (χ1n) is 38.3. The highest BCUT2D eigenvalue weighted by Gasteiger charge is 2.30. The number of ether oxygens (including phenoxy) is 4. The van der Waals surface area contributed by atoms with Crippen LogP contribution in [0.1, 0.15) is 246 Å². The van der Waals surface area contributed by atoms with Crippen molar-refractivity contribution in [1.82, 2.24) is 0 Å². The van der Waals surface area contributed by atoms with Crippen LogP contribution in [0.5, 0.6) is 0 Å². The van der Waals surface area contributed by atoms with E-state index in [1.807, 2.05) is 30.4 Å². The molecule has 584 valence electrons. The molecular weight excluding hydrogens is 1350 g/mol. The number of allylic oxidation sites excluding steroid dienone is 33. The molecule has 17 nitrogen and oxygen atoms in total. The van der Waals surface area contributed by atoms with Gasteiger partial charge in [-0.25, -0.2) is 9.13 Å². The molecule has 0 aromatic rings. The fourth-order valence-electron chi connectivity index (χ4n) is 9.05. The van der Waals surface area contributed by atoms with E-state index >= 15 is 0 Å². The van der Waals surface area contributed by atoms with Crippen molar-refractivity contribution in [2.45, 2.75) is 264 Å². The Labute approximate surface area is 627 Å². The molecule has 0 saturated carbocycles. The van der Waals surface area contributed by atoms with Crippen molar-refractivity contribution in [3.05, 3.63) is 207 Å². The summed E-state index contributed by atoms with van der Waals surface area (Å²) in [5, 5.41) is 10.6. The maximum atomic E-state index is 13.1. The largest absolute Gasteiger partial charge is 0.472 e. The first kappa shape index (κ1) is 97.6. The number of carbonyl (C=O) groups excluding carboxylic acids is 4. The highest BCUT2D eigenvalue weighted by molar-refractivity contribution is 7.47. The number of phosphoric ester groups is 2. The smallest absolute Gasteiger partial charge is 0.462 e.